The van der Waals surface area contributed by atoms with Gasteiger partial charge in [0.1, 0.15) is 17.6 Å². The van der Waals surface area contributed by atoms with Crippen LogP contribution < -0.4 is 11.0 Å². The van der Waals surface area contributed by atoms with E-state index in [-0.39, 0.29) is 30.0 Å². The third-order valence-corrected chi connectivity index (χ3v) is 8.82. The maximum atomic E-state index is 12.6. The molecule has 1 amide bonds. The van der Waals surface area contributed by atoms with Crippen molar-refractivity contribution in [3.05, 3.63) is 58.6 Å². The van der Waals surface area contributed by atoms with E-state index < -0.39 is 26.0 Å². The average Bonchev–Trinajstić information content (AvgIpc) is 3.51. The van der Waals surface area contributed by atoms with Crippen molar-refractivity contribution in [3.8, 4) is 0 Å². The second kappa shape index (κ2) is 9.47. The molecule has 3 fully saturated rings. The molecule has 182 valence electrons. The Morgan fingerprint density at radius 1 is 1.32 bits per heavy atom. The largest absolute Gasteiger partial charge is 0.352 e. The number of anilines is 1. The average molecular weight is 487 g/mol. The Morgan fingerprint density at radius 2 is 2.12 bits per heavy atom. The summed E-state index contributed by atoms with van der Waals surface area (Å²) < 4.78 is 23.4. The third kappa shape index (κ3) is 4.32. The lowest BCUT2D eigenvalue weighted by molar-refractivity contribution is -0.114. The molecule has 0 bridgehead atoms. The molecule has 1 N–H and O–H groups in total. The molecule has 1 aromatic carbocycles. The molecule has 0 radical (unpaired) electrons. The van der Waals surface area contributed by atoms with Gasteiger partial charge in [-0.05, 0) is 37.8 Å². The number of rotatable bonds is 6. The summed E-state index contributed by atoms with van der Waals surface area (Å²) in [5, 5.41) is 2.53. The number of hydrogen-bond donors (Lipinski definition) is 1. The van der Waals surface area contributed by atoms with Crippen molar-refractivity contribution in [1.82, 2.24) is 14.2 Å². The summed E-state index contributed by atoms with van der Waals surface area (Å²) in [6.07, 6.45) is 4.29. The Balaban J connectivity index is 1.33. The molecule has 4 heterocycles. The highest BCUT2D eigenvalue weighted by Crippen LogP contribution is 2.64. The number of benzene rings is 1. The van der Waals surface area contributed by atoms with Crippen molar-refractivity contribution in [2.24, 2.45) is 0 Å². The van der Waals surface area contributed by atoms with Gasteiger partial charge >= 0.3 is 5.69 Å². The highest BCUT2D eigenvalue weighted by atomic mass is 31.2. The van der Waals surface area contributed by atoms with E-state index in [2.05, 4.69) is 53.1 Å². The van der Waals surface area contributed by atoms with Crippen molar-refractivity contribution in [2.75, 3.05) is 11.9 Å². The molecule has 5 rings (SSSR count). The highest BCUT2D eigenvalue weighted by Gasteiger charge is 2.56. The fourth-order valence-electron chi connectivity index (χ4n) is 5.22. The second-order valence-corrected chi connectivity index (χ2v) is 10.6. The van der Waals surface area contributed by atoms with Crippen molar-refractivity contribution in [3.63, 3.8) is 0 Å². The van der Waals surface area contributed by atoms with Gasteiger partial charge in [0.2, 0.25) is 5.91 Å². The van der Waals surface area contributed by atoms with Crippen molar-refractivity contribution in [2.45, 2.75) is 76.5 Å². The summed E-state index contributed by atoms with van der Waals surface area (Å²) >= 11 is 0. The Hall–Kier alpha value is -2.16. The molecule has 9 nitrogen and oxygen atoms in total. The number of amides is 1. The van der Waals surface area contributed by atoms with E-state index in [0.29, 0.717) is 6.42 Å². The summed E-state index contributed by atoms with van der Waals surface area (Å²) in [6.45, 7) is 6.56. The van der Waals surface area contributed by atoms with Gasteiger partial charge in [-0.1, -0.05) is 37.3 Å². The van der Waals surface area contributed by atoms with E-state index >= 15 is 0 Å². The van der Waals surface area contributed by atoms with E-state index in [0.717, 1.165) is 25.8 Å². The quantitative estimate of drug-likeness (QED) is 0.619. The van der Waals surface area contributed by atoms with Crippen LogP contribution in [0.15, 0.2) is 47.4 Å². The van der Waals surface area contributed by atoms with E-state index in [1.165, 1.54) is 17.1 Å². The van der Waals surface area contributed by atoms with Crippen LogP contribution in [0.3, 0.4) is 0 Å². The minimum atomic E-state index is -1.25. The maximum Gasteiger partial charge on any atom is 0.351 e. The number of nitrogens with zero attached hydrogens (tertiary/aromatic N) is 3. The molecule has 34 heavy (non-hydrogen) atoms. The lowest BCUT2D eigenvalue weighted by atomic mass is 9.87. The number of hydrogen-bond acceptors (Lipinski definition) is 7. The number of carbonyl (C=O) groups excluding carboxylic acids is 1. The van der Waals surface area contributed by atoms with Gasteiger partial charge in [0, 0.05) is 26.1 Å². The first-order valence-corrected chi connectivity index (χ1v) is 13.0. The summed E-state index contributed by atoms with van der Waals surface area (Å²) in [6, 6.07) is 12.3. The molecule has 6 atom stereocenters. The van der Waals surface area contributed by atoms with Gasteiger partial charge in [-0.15, -0.1) is 0 Å². The van der Waals surface area contributed by atoms with Crippen LogP contribution in [0, 0.1) is 0 Å². The Morgan fingerprint density at radius 3 is 2.82 bits per heavy atom. The van der Waals surface area contributed by atoms with Gasteiger partial charge < -0.3 is 19.1 Å². The van der Waals surface area contributed by atoms with Crippen LogP contribution in [-0.2, 0) is 24.2 Å². The number of nitrogens with one attached hydrogen (secondary N) is 1. The lowest BCUT2D eigenvalue weighted by Crippen LogP contribution is -2.36. The fourth-order valence-corrected chi connectivity index (χ4v) is 7.36. The lowest BCUT2D eigenvalue weighted by Gasteiger charge is -2.29. The number of aromatic nitrogens is 2. The van der Waals surface area contributed by atoms with Crippen LogP contribution >= 0.6 is 8.53 Å². The van der Waals surface area contributed by atoms with Gasteiger partial charge in [0.25, 0.3) is 8.53 Å². The molecule has 3 aliphatic heterocycles. The fraction of sp³-hybridized carbons (Fsp3) is 0.542. The van der Waals surface area contributed by atoms with Crippen molar-refractivity contribution < 1.29 is 18.6 Å². The molecular formula is C24H31N4O5P. The molecule has 1 aromatic heterocycles. The highest BCUT2D eigenvalue weighted by molar-refractivity contribution is 7.45. The molecule has 3 aliphatic rings. The predicted molar refractivity (Wildman–Crippen MR) is 128 cm³/mol. The number of ether oxygens (including phenoxy) is 1. The third-order valence-electron chi connectivity index (χ3n) is 6.94. The van der Waals surface area contributed by atoms with Crippen LogP contribution in [0.25, 0.3) is 0 Å². The smallest absolute Gasteiger partial charge is 0.351 e. The van der Waals surface area contributed by atoms with E-state index in [1.807, 2.05) is 6.07 Å². The maximum absolute atomic E-state index is 12.6. The van der Waals surface area contributed by atoms with Crippen LogP contribution in [0.2, 0.25) is 0 Å². The zero-order valence-electron chi connectivity index (χ0n) is 19.7. The molecule has 0 spiro atoms. The van der Waals surface area contributed by atoms with Gasteiger partial charge in [-0.3, -0.25) is 9.36 Å². The normalized spacial score (nSPS) is 33.2. The molecule has 10 heteroatoms. The second-order valence-electron chi connectivity index (χ2n) is 9.22. The Bertz CT molecular complexity index is 1100. The summed E-state index contributed by atoms with van der Waals surface area (Å²) in [5.74, 6) is -0.0439. The standard InChI is InChI=1S/C24H31N4O5P/c1-4-18-19(15-22(31-18)27-14-12-21(25-16(2)29)26-23(27)30)32-34-28-13-8-11-20(28)24(3,33-34)17-9-6-5-7-10-17/h5-7,9-10,12,14,18-20,22H,4,8,11,13,15H2,1-3H3,(H,25,26,29,30)/t18-,19?,20-,22-,24+,34-/m1/s1. The van der Waals surface area contributed by atoms with Crippen LogP contribution in [0.4, 0.5) is 5.82 Å². The predicted octanol–water partition coefficient (Wildman–Crippen LogP) is 3.92. The Kier molecular flexibility index (Phi) is 6.57. The van der Waals surface area contributed by atoms with Crippen LogP contribution in [-0.4, -0.2) is 44.9 Å². The van der Waals surface area contributed by atoms with Crippen LogP contribution in [0.5, 0.6) is 0 Å². The molecule has 1 unspecified atom stereocenters. The van der Waals surface area contributed by atoms with Crippen LogP contribution in [0.1, 0.15) is 58.2 Å². The van der Waals surface area contributed by atoms with Gasteiger partial charge in [0.15, 0.2) is 0 Å². The first-order valence-electron chi connectivity index (χ1n) is 11.9. The molecule has 0 saturated carbocycles. The minimum absolute atomic E-state index is 0.150. The molecular weight excluding hydrogens is 455 g/mol. The first-order chi connectivity index (χ1) is 16.4. The topological polar surface area (TPSA) is 94.9 Å². The van der Waals surface area contributed by atoms with E-state index in [4.69, 9.17) is 13.8 Å². The Labute approximate surface area is 200 Å². The van der Waals surface area contributed by atoms with Crippen molar-refractivity contribution in [1.29, 1.82) is 0 Å². The first kappa shape index (κ1) is 23.6. The van der Waals surface area contributed by atoms with Gasteiger partial charge in [0.05, 0.1) is 18.2 Å². The minimum Gasteiger partial charge on any atom is -0.352 e. The van der Waals surface area contributed by atoms with E-state index in [9.17, 15) is 9.59 Å². The van der Waals surface area contributed by atoms with E-state index in [1.54, 1.807) is 12.3 Å². The van der Waals surface area contributed by atoms with Crippen molar-refractivity contribution >= 4 is 20.3 Å². The molecule has 2 aromatic rings. The molecule has 0 aliphatic carbocycles. The number of fused-ring (bicyclic) bond motifs is 1. The summed E-state index contributed by atoms with van der Waals surface area (Å²) in [4.78, 5) is 27.8. The zero-order valence-corrected chi connectivity index (χ0v) is 20.6. The van der Waals surface area contributed by atoms with Gasteiger partial charge in [-0.25, -0.2) is 9.46 Å². The SMILES string of the molecule is CC[C@H]1O[C@@H](n2ccc(NC(C)=O)nc2=O)CC1O[P@]1O[C@@](C)(c2ccccc2)[C@H]2CCCN21. The summed E-state index contributed by atoms with van der Waals surface area (Å²) in [5.41, 5.74) is 0.292. The van der Waals surface area contributed by atoms with Gasteiger partial charge in [-0.2, -0.15) is 4.98 Å². The zero-order chi connectivity index (χ0) is 23.9. The monoisotopic (exact) mass is 486 g/mol. The number of carbonyl (C=O) groups is 1. The molecule has 3 saturated heterocycles. The summed E-state index contributed by atoms with van der Waals surface area (Å²) in [7, 11) is -1.25.